The van der Waals surface area contributed by atoms with Crippen molar-refractivity contribution in [2.24, 2.45) is 17.3 Å². The van der Waals surface area contributed by atoms with Gasteiger partial charge in [0.15, 0.2) is 5.78 Å². The first kappa shape index (κ1) is 18.7. The molecule has 152 valence electrons. The fraction of sp³-hybridized carbons (Fsp3) is 0.520. The van der Waals surface area contributed by atoms with E-state index in [1.54, 1.807) is 0 Å². The van der Waals surface area contributed by atoms with Gasteiger partial charge in [0.2, 0.25) is 0 Å². The minimum absolute atomic E-state index is 0.226. The summed E-state index contributed by atoms with van der Waals surface area (Å²) >= 11 is 0. The summed E-state index contributed by atoms with van der Waals surface area (Å²) in [4.78, 5) is 13.5. The fourth-order valence-electron chi connectivity index (χ4n) is 6.39. The first-order valence-corrected chi connectivity index (χ1v) is 11.0. The highest BCUT2D eigenvalue weighted by Gasteiger charge is 2.56. The van der Waals surface area contributed by atoms with E-state index in [1.165, 1.54) is 11.1 Å². The Labute approximate surface area is 172 Å². The Hall–Kier alpha value is -2.36. The zero-order valence-corrected chi connectivity index (χ0v) is 17.6. The van der Waals surface area contributed by atoms with Crippen LogP contribution >= 0.6 is 0 Å². The van der Waals surface area contributed by atoms with E-state index in [4.69, 9.17) is 0 Å². The SMILES string of the molecule is CCn1cc(/C=C2/C[C@@H]3[C@@H]4CCc5cc(O)ccc5[C@@H]4CC[C@]3(C)C2=O)c(C)n1. The number of rotatable bonds is 2. The van der Waals surface area contributed by atoms with Crippen molar-refractivity contribution in [3.8, 4) is 5.75 Å². The van der Waals surface area contributed by atoms with Crippen LogP contribution in [0.15, 0.2) is 30.0 Å². The van der Waals surface area contributed by atoms with Gasteiger partial charge in [0.1, 0.15) is 5.75 Å². The molecular formula is C25H30N2O2. The van der Waals surface area contributed by atoms with Gasteiger partial charge in [-0.3, -0.25) is 9.48 Å². The number of benzene rings is 1. The van der Waals surface area contributed by atoms with E-state index in [0.29, 0.717) is 29.3 Å². The van der Waals surface area contributed by atoms with Gasteiger partial charge in [-0.05, 0) is 98.6 Å². The number of Topliss-reactive ketones (excluding diaryl/α,β-unsaturated/α-hetero) is 1. The molecule has 1 N–H and O–H groups in total. The summed E-state index contributed by atoms with van der Waals surface area (Å²) < 4.78 is 1.94. The van der Waals surface area contributed by atoms with Crippen molar-refractivity contribution in [1.29, 1.82) is 0 Å². The zero-order chi connectivity index (χ0) is 20.3. The summed E-state index contributed by atoms with van der Waals surface area (Å²) in [6, 6.07) is 5.90. The van der Waals surface area contributed by atoms with Crippen LogP contribution in [0.1, 0.15) is 67.8 Å². The third-order valence-electron chi connectivity index (χ3n) is 7.99. The third kappa shape index (κ3) is 2.79. The number of ketones is 1. The number of hydrogen-bond acceptors (Lipinski definition) is 3. The predicted octanol–water partition coefficient (Wildman–Crippen LogP) is 5.04. The Kier molecular flexibility index (Phi) is 4.23. The van der Waals surface area contributed by atoms with Crippen LogP contribution in [0.25, 0.3) is 6.08 Å². The molecule has 0 saturated heterocycles. The summed E-state index contributed by atoms with van der Waals surface area (Å²) in [5.41, 5.74) is 5.56. The van der Waals surface area contributed by atoms with Crippen molar-refractivity contribution >= 4 is 11.9 Å². The first-order chi connectivity index (χ1) is 13.9. The lowest BCUT2D eigenvalue weighted by Crippen LogP contribution is -2.42. The minimum atomic E-state index is -0.226. The highest BCUT2D eigenvalue weighted by atomic mass is 16.3. The van der Waals surface area contributed by atoms with Crippen LogP contribution in [0.2, 0.25) is 0 Å². The minimum Gasteiger partial charge on any atom is -0.508 e. The van der Waals surface area contributed by atoms with Crippen molar-refractivity contribution in [1.82, 2.24) is 9.78 Å². The number of allylic oxidation sites excluding steroid dienone is 1. The molecule has 3 aliphatic carbocycles. The van der Waals surface area contributed by atoms with E-state index in [-0.39, 0.29) is 5.41 Å². The van der Waals surface area contributed by atoms with Gasteiger partial charge in [-0.2, -0.15) is 5.10 Å². The van der Waals surface area contributed by atoms with Gasteiger partial charge in [0.05, 0.1) is 5.69 Å². The molecule has 0 amide bonds. The molecule has 1 aromatic heterocycles. The molecule has 5 rings (SSSR count). The molecule has 2 fully saturated rings. The Bertz CT molecular complexity index is 1020. The molecule has 0 bridgehead atoms. The van der Waals surface area contributed by atoms with Crippen LogP contribution < -0.4 is 0 Å². The number of fused-ring (bicyclic) bond motifs is 5. The number of nitrogens with zero attached hydrogens (tertiary/aromatic N) is 2. The Morgan fingerprint density at radius 1 is 1.34 bits per heavy atom. The van der Waals surface area contributed by atoms with Gasteiger partial charge >= 0.3 is 0 Å². The molecule has 0 spiro atoms. The molecule has 0 aliphatic heterocycles. The number of carbonyl (C=O) groups is 1. The van der Waals surface area contributed by atoms with Crippen LogP contribution in [0, 0.1) is 24.2 Å². The number of aromatic hydroxyl groups is 1. The number of aryl methyl sites for hydroxylation is 3. The second kappa shape index (κ2) is 6.58. The summed E-state index contributed by atoms with van der Waals surface area (Å²) in [5, 5.41) is 14.4. The predicted molar refractivity (Wildman–Crippen MR) is 114 cm³/mol. The van der Waals surface area contributed by atoms with E-state index < -0.39 is 0 Å². The quantitative estimate of drug-likeness (QED) is 0.731. The van der Waals surface area contributed by atoms with Gasteiger partial charge < -0.3 is 5.11 Å². The van der Waals surface area contributed by atoms with Crippen molar-refractivity contribution in [2.45, 2.75) is 65.3 Å². The first-order valence-electron chi connectivity index (χ1n) is 11.0. The molecule has 0 unspecified atom stereocenters. The molecule has 4 heteroatoms. The molecule has 3 aliphatic rings. The maximum Gasteiger partial charge on any atom is 0.165 e. The van der Waals surface area contributed by atoms with Crippen molar-refractivity contribution in [3.05, 3.63) is 52.4 Å². The molecule has 2 saturated carbocycles. The molecular weight excluding hydrogens is 360 g/mol. The lowest BCUT2D eigenvalue weighted by atomic mass is 9.55. The lowest BCUT2D eigenvalue weighted by Gasteiger charge is -2.48. The average Bonchev–Trinajstić information content (AvgIpc) is 3.19. The Morgan fingerprint density at radius 2 is 2.17 bits per heavy atom. The molecule has 29 heavy (non-hydrogen) atoms. The smallest absolute Gasteiger partial charge is 0.165 e. The van der Waals surface area contributed by atoms with Gasteiger partial charge in [0.25, 0.3) is 0 Å². The Morgan fingerprint density at radius 3 is 2.93 bits per heavy atom. The highest BCUT2D eigenvalue weighted by Crippen LogP contribution is 2.60. The molecule has 1 heterocycles. The Balaban J connectivity index is 1.49. The maximum atomic E-state index is 13.5. The second-order valence-electron chi connectivity index (χ2n) is 9.48. The normalized spacial score (nSPS) is 32.2. The van der Waals surface area contributed by atoms with Crippen LogP contribution in [0.4, 0.5) is 0 Å². The number of hydrogen-bond donors (Lipinski definition) is 1. The van der Waals surface area contributed by atoms with E-state index in [1.807, 2.05) is 23.7 Å². The highest BCUT2D eigenvalue weighted by molar-refractivity contribution is 6.06. The standard InChI is InChI=1S/C25H30N2O2/c1-4-27-14-18(15(2)26-27)11-17-13-23-22-7-5-16-12-19(28)6-8-20(16)21(22)9-10-25(23,3)24(17)29/h6,8,11-12,14,21-23,28H,4-5,7,9-10,13H2,1-3H3/b17-11-/t21-,22+,23+,25-/m0/s1. The van der Waals surface area contributed by atoms with E-state index >= 15 is 0 Å². The van der Waals surface area contributed by atoms with Crippen molar-refractivity contribution in [2.75, 3.05) is 0 Å². The summed E-state index contributed by atoms with van der Waals surface area (Å²) in [7, 11) is 0. The molecule has 4 atom stereocenters. The van der Waals surface area contributed by atoms with Gasteiger partial charge in [-0.25, -0.2) is 0 Å². The van der Waals surface area contributed by atoms with E-state index in [9.17, 15) is 9.90 Å². The van der Waals surface area contributed by atoms with Gasteiger partial charge in [0, 0.05) is 23.7 Å². The zero-order valence-electron chi connectivity index (χ0n) is 17.6. The second-order valence-corrected chi connectivity index (χ2v) is 9.48. The van der Waals surface area contributed by atoms with Crippen LogP contribution in [0.5, 0.6) is 5.75 Å². The summed E-state index contributed by atoms with van der Waals surface area (Å²) in [6.07, 6.45) is 9.22. The topological polar surface area (TPSA) is 55.1 Å². The van der Waals surface area contributed by atoms with Gasteiger partial charge in [-0.15, -0.1) is 0 Å². The van der Waals surface area contributed by atoms with Gasteiger partial charge in [-0.1, -0.05) is 13.0 Å². The largest absolute Gasteiger partial charge is 0.508 e. The van der Waals surface area contributed by atoms with Crippen molar-refractivity contribution < 1.29 is 9.90 Å². The molecule has 2 aromatic rings. The third-order valence-corrected chi connectivity index (χ3v) is 7.99. The number of aromatic nitrogens is 2. The molecule has 4 nitrogen and oxygen atoms in total. The van der Waals surface area contributed by atoms with Crippen LogP contribution in [-0.2, 0) is 17.8 Å². The summed E-state index contributed by atoms with van der Waals surface area (Å²) in [5.74, 6) is 2.23. The number of phenols is 1. The fourth-order valence-corrected chi connectivity index (χ4v) is 6.39. The van der Waals surface area contributed by atoms with E-state index in [0.717, 1.165) is 55.5 Å². The van der Waals surface area contributed by atoms with Crippen molar-refractivity contribution in [3.63, 3.8) is 0 Å². The number of carbonyl (C=O) groups excluding carboxylic acids is 1. The lowest BCUT2D eigenvalue weighted by molar-refractivity contribution is -0.127. The molecule has 0 radical (unpaired) electrons. The number of phenolic OH excluding ortho intramolecular Hbond substituents is 1. The van der Waals surface area contributed by atoms with Crippen LogP contribution in [-0.4, -0.2) is 20.7 Å². The van der Waals surface area contributed by atoms with E-state index in [2.05, 4.69) is 37.3 Å². The maximum absolute atomic E-state index is 13.5. The monoisotopic (exact) mass is 390 g/mol. The molecule has 1 aromatic carbocycles. The average molecular weight is 391 g/mol. The van der Waals surface area contributed by atoms with Crippen LogP contribution in [0.3, 0.4) is 0 Å². The summed E-state index contributed by atoms with van der Waals surface area (Å²) in [6.45, 7) is 7.17.